The van der Waals surface area contributed by atoms with Crippen LogP contribution in [0.5, 0.6) is 0 Å². The number of hydrogen-bond acceptors (Lipinski definition) is 2. The van der Waals surface area contributed by atoms with Gasteiger partial charge in [0.15, 0.2) is 0 Å². The molecule has 0 spiro atoms. The minimum Gasteiger partial charge on any atom is -0.328 e. The van der Waals surface area contributed by atoms with Crippen molar-refractivity contribution in [2.24, 2.45) is 5.73 Å². The Balaban J connectivity index is 2.21. The van der Waals surface area contributed by atoms with Crippen LogP contribution in [0.1, 0.15) is 18.9 Å². The molecule has 3 N–H and O–H groups in total. The van der Waals surface area contributed by atoms with Gasteiger partial charge in [-0.3, -0.25) is 5.10 Å². The van der Waals surface area contributed by atoms with E-state index in [0.29, 0.717) is 0 Å². The molecule has 0 saturated carbocycles. The summed E-state index contributed by atoms with van der Waals surface area (Å²) >= 11 is 0. The number of halogens is 1. The molecule has 90 valence electrons. The Hall–Kier alpha value is -1.68. The van der Waals surface area contributed by atoms with E-state index in [2.05, 4.69) is 10.2 Å². The SMILES string of the molecule is CC(N)CCc1cn[nH]c1-c1ccc(F)cc1. The molecule has 0 saturated heterocycles. The number of nitrogens with two attached hydrogens (primary N) is 1. The van der Waals surface area contributed by atoms with Gasteiger partial charge >= 0.3 is 0 Å². The van der Waals surface area contributed by atoms with Crippen molar-refractivity contribution in [2.75, 3.05) is 0 Å². The Bertz CT molecular complexity index is 474. The van der Waals surface area contributed by atoms with Crippen LogP contribution in [0, 0.1) is 5.82 Å². The first kappa shape index (κ1) is 11.8. The Morgan fingerprint density at radius 1 is 1.35 bits per heavy atom. The molecule has 17 heavy (non-hydrogen) atoms. The second kappa shape index (κ2) is 5.10. The molecule has 0 amide bonds. The molecule has 1 heterocycles. The van der Waals surface area contributed by atoms with Gasteiger partial charge in [0.1, 0.15) is 5.82 Å². The van der Waals surface area contributed by atoms with E-state index < -0.39 is 0 Å². The van der Waals surface area contributed by atoms with Gasteiger partial charge in [0, 0.05) is 11.6 Å². The molecule has 1 unspecified atom stereocenters. The van der Waals surface area contributed by atoms with E-state index in [1.54, 1.807) is 18.3 Å². The first-order chi connectivity index (χ1) is 8.16. The first-order valence-electron chi connectivity index (χ1n) is 5.70. The molecule has 1 aromatic carbocycles. The van der Waals surface area contributed by atoms with Crippen molar-refractivity contribution in [1.29, 1.82) is 0 Å². The molecule has 0 aliphatic heterocycles. The van der Waals surface area contributed by atoms with Gasteiger partial charge in [-0.1, -0.05) is 0 Å². The number of hydrogen-bond donors (Lipinski definition) is 2. The van der Waals surface area contributed by atoms with Crippen LogP contribution in [0.2, 0.25) is 0 Å². The summed E-state index contributed by atoms with van der Waals surface area (Å²) in [5.41, 5.74) is 8.75. The molecule has 1 aromatic heterocycles. The lowest BCUT2D eigenvalue weighted by atomic mass is 10.0. The van der Waals surface area contributed by atoms with Crippen molar-refractivity contribution in [3.05, 3.63) is 41.8 Å². The third kappa shape index (κ3) is 2.91. The summed E-state index contributed by atoms with van der Waals surface area (Å²) < 4.78 is 12.8. The zero-order valence-corrected chi connectivity index (χ0v) is 9.78. The van der Waals surface area contributed by atoms with Crippen LogP contribution in [-0.2, 0) is 6.42 Å². The van der Waals surface area contributed by atoms with Crippen molar-refractivity contribution < 1.29 is 4.39 Å². The van der Waals surface area contributed by atoms with E-state index >= 15 is 0 Å². The monoisotopic (exact) mass is 233 g/mol. The van der Waals surface area contributed by atoms with Crippen molar-refractivity contribution >= 4 is 0 Å². The molecule has 3 nitrogen and oxygen atoms in total. The first-order valence-corrected chi connectivity index (χ1v) is 5.70. The van der Waals surface area contributed by atoms with Crippen LogP contribution in [0.3, 0.4) is 0 Å². The highest BCUT2D eigenvalue weighted by Crippen LogP contribution is 2.22. The summed E-state index contributed by atoms with van der Waals surface area (Å²) in [6.07, 6.45) is 3.59. The Labute approximate surface area is 99.9 Å². The predicted molar refractivity (Wildman–Crippen MR) is 66.0 cm³/mol. The zero-order valence-electron chi connectivity index (χ0n) is 9.78. The van der Waals surface area contributed by atoms with Crippen molar-refractivity contribution in [1.82, 2.24) is 10.2 Å². The maximum Gasteiger partial charge on any atom is 0.123 e. The maximum absolute atomic E-state index is 12.8. The number of nitrogens with one attached hydrogen (secondary N) is 1. The van der Waals surface area contributed by atoms with E-state index in [9.17, 15) is 4.39 Å². The van der Waals surface area contributed by atoms with Crippen LogP contribution in [0.4, 0.5) is 4.39 Å². The van der Waals surface area contributed by atoms with Gasteiger partial charge in [0.05, 0.1) is 11.9 Å². The molecule has 2 aromatic rings. The fourth-order valence-corrected chi connectivity index (χ4v) is 1.75. The standard InChI is InChI=1S/C13H16FN3/c1-9(15)2-3-11-8-16-17-13(11)10-4-6-12(14)7-5-10/h4-9H,2-3,15H2,1H3,(H,16,17). The van der Waals surface area contributed by atoms with E-state index in [0.717, 1.165) is 29.7 Å². The van der Waals surface area contributed by atoms with Crippen LogP contribution in [0.25, 0.3) is 11.3 Å². The smallest absolute Gasteiger partial charge is 0.123 e. The number of nitrogens with zero attached hydrogens (tertiary/aromatic N) is 1. The maximum atomic E-state index is 12.8. The lowest BCUT2D eigenvalue weighted by molar-refractivity contribution is 0.628. The van der Waals surface area contributed by atoms with Crippen LogP contribution < -0.4 is 5.73 Å². The largest absolute Gasteiger partial charge is 0.328 e. The van der Waals surface area contributed by atoms with E-state index in [1.165, 1.54) is 12.1 Å². The number of H-pyrrole nitrogens is 1. The van der Waals surface area contributed by atoms with E-state index in [1.807, 2.05) is 6.92 Å². The quantitative estimate of drug-likeness (QED) is 0.852. The molecule has 1 atom stereocenters. The van der Waals surface area contributed by atoms with E-state index in [4.69, 9.17) is 5.73 Å². The fourth-order valence-electron chi connectivity index (χ4n) is 1.75. The van der Waals surface area contributed by atoms with Crippen molar-refractivity contribution in [3.8, 4) is 11.3 Å². The Kier molecular flexibility index (Phi) is 3.54. The lowest BCUT2D eigenvalue weighted by Gasteiger charge is -2.05. The molecule has 0 fully saturated rings. The van der Waals surface area contributed by atoms with Gasteiger partial charge in [-0.25, -0.2) is 4.39 Å². The summed E-state index contributed by atoms with van der Waals surface area (Å²) in [4.78, 5) is 0. The predicted octanol–water partition coefficient (Wildman–Crippen LogP) is 2.50. The highest BCUT2D eigenvalue weighted by atomic mass is 19.1. The Morgan fingerprint density at radius 3 is 2.71 bits per heavy atom. The number of aryl methyl sites for hydroxylation is 1. The average Bonchev–Trinajstić information content (AvgIpc) is 2.75. The average molecular weight is 233 g/mol. The van der Waals surface area contributed by atoms with Gasteiger partial charge in [-0.05, 0) is 49.6 Å². The lowest BCUT2D eigenvalue weighted by Crippen LogP contribution is -2.15. The third-order valence-electron chi connectivity index (χ3n) is 2.72. The van der Waals surface area contributed by atoms with Gasteiger partial charge in [-0.2, -0.15) is 5.10 Å². The van der Waals surface area contributed by atoms with Gasteiger partial charge < -0.3 is 5.73 Å². The van der Waals surface area contributed by atoms with Gasteiger partial charge in [0.2, 0.25) is 0 Å². The minimum atomic E-state index is -0.231. The molecule has 0 bridgehead atoms. The molecule has 4 heteroatoms. The molecular formula is C13H16FN3. The zero-order chi connectivity index (χ0) is 12.3. The topological polar surface area (TPSA) is 54.7 Å². The molecule has 0 aliphatic carbocycles. The normalized spacial score (nSPS) is 12.6. The van der Waals surface area contributed by atoms with E-state index in [-0.39, 0.29) is 11.9 Å². The highest BCUT2D eigenvalue weighted by molar-refractivity contribution is 5.62. The third-order valence-corrected chi connectivity index (χ3v) is 2.72. The highest BCUT2D eigenvalue weighted by Gasteiger charge is 2.08. The molecule has 0 radical (unpaired) electrons. The summed E-state index contributed by atoms with van der Waals surface area (Å²) in [5, 5.41) is 6.99. The number of aromatic amines is 1. The van der Waals surface area contributed by atoms with Gasteiger partial charge in [-0.15, -0.1) is 0 Å². The van der Waals surface area contributed by atoms with Crippen LogP contribution in [-0.4, -0.2) is 16.2 Å². The fraction of sp³-hybridized carbons (Fsp3) is 0.308. The summed E-state index contributed by atoms with van der Waals surface area (Å²) in [5.74, 6) is -0.231. The van der Waals surface area contributed by atoms with Crippen molar-refractivity contribution in [2.45, 2.75) is 25.8 Å². The summed E-state index contributed by atoms with van der Waals surface area (Å²) in [7, 11) is 0. The summed E-state index contributed by atoms with van der Waals surface area (Å²) in [6.45, 7) is 1.98. The van der Waals surface area contributed by atoms with Crippen LogP contribution >= 0.6 is 0 Å². The van der Waals surface area contributed by atoms with Crippen molar-refractivity contribution in [3.63, 3.8) is 0 Å². The molecular weight excluding hydrogens is 217 g/mol. The molecule has 0 aliphatic rings. The number of aromatic nitrogens is 2. The second-order valence-corrected chi connectivity index (χ2v) is 4.29. The second-order valence-electron chi connectivity index (χ2n) is 4.29. The number of benzene rings is 1. The summed E-state index contributed by atoms with van der Waals surface area (Å²) in [6, 6.07) is 6.57. The molecule has 2 rings (SSSR count). The Morgan fingerprint density at radius 2 is 2.06 bits per heavy atom. The van der Waals surface area contributed by atoms with Gasteiger partial charge in [0.25, 0.3) is 0 Å². The number of rotatable bonds is 4. The minimum absolute atomic E-state index is 0.172. The van der Waals surface area contributed by atoms with Crippen LogP contribution in [0.15, 0.2) is 30.5 Å².